The minimum absolute atomic E-state index is 0.162. The third-order valence-corrected chi connectivity index (χ3v) is 2.91. The standard InChI is InChI=1S/C12H22N2O/c1-5-14-10(3)6-12(11(14)4)7-13-9(2)8-15/h6,9,13,15H,5,7-8H2,1-4H3. The lowest BCUT2D eigenvalue weighted by Crippen LogP contribution is -2.28. The molecule has 0 radical (unpaired) electrons. The van der Waals surface area contributed by atoms with Crippen molar-refractivity contribution in [2.75, 3.05) is 6.61 Å². The second-order valence-corrected chi connectivity index (χ2v) is 4.11. The number of nitrogens with one attached hydrogen (secondary N) is 1. The number of aromatic nitrogens is 1. The molecule has 2 N–H and O–H groups in total. The lowest BCUT2D eigenvalue weighted by Gasteiger charge is -2.11. The van der Waals surface area contributed by atoms with E-state index in [1.807, 2.05) is 6.92 Å². The van der Waals surface area contributed by atoms with E-state index in [0.717, 1.165) is 13.1 Å². The summed E-state index contributed by atoms with van der Waals surface area (Å²) in [5.74, 6) is 0. The van der Waals surface area contributed by atoms with Gasteiger partial charge >= 0.3 is 0 Å². The largest absolute Gasteiger partial charge is 0.395 e. The van der Waals surface area contributed by atoms with Crippen LogP contribution in [0.4, 0.5) is 0 Å². The van der Waals surface area contributed by atoms with E-state index in [2.05, 4.69) is 36.7 Å². The van der Waals surface area contributed by atoms with Gasteiger partial charge in [0, 0.05) is 30.5 Å². The summed E-state index contributed by atoms with van der Waals surface area (Å²) in [7, 11) is 0. The van der Waals surface area contributed by atoms with E-state index >= 15 is 0 Å². The Hall–Kier alpha value is -0.800. The Kier molecular flexibility index (Phi) is 4.36. The van der Waals surface area contributed by atoms with Gasteiger partial charge in [-0.25, -0.2) is 0 Å². The van der Waals surface area contributed by atoms with Crippen LogP contribution < -0.4 is 5.32 Å². The minimum Gasteiger partial charge on any atom is -0.395 e. The average molecular weight is 210 g/mol. The molecular formula is C12H22N2O. The van der Waals surface area contributed by atoms with Crippen molar-refractivity contribution in [2.45, 2.75) is 46.8 Å². The highest BCUT2D eigenvalue weighted by atomic mass is 16.3. The molecule has 0 aliphatic heterocycles. The third kappa shape index (κ3) is 2.83. The van der Waals surface area contributed by atoms with E-state index in [9.17, 15) is 0 Å². The number of rotatable bonds is 5. The topological polar surface area (TPSA) is 37.2 Å². The van der Waals surface area contributed by atoms with Gasteiger partial charge in [-0.3, -0.25) is 0 Å². The molecule has 1 rings (SSSR count). The van der Waals surface area contributed by atoms with Gasteiger partial charge in [-0.05, 0) is 39.3 Å². The van der Waals surface area contributed by atoms with Gasteiger partial charge in [0.25, 0.3) is 0 Å². The van der Waals surface area contributed by atoms with Crippen molar-refractivity contribution in [3.63, 3.8) is 0 Å². The van der Waals surface area contributed by atoms with Crippen LogP contribution in [-0.2, 0) is 13.1 Å². The lowest BCUT2D eigenvalue weighted by atomic mass is 10.2. The van der Waals surface area contributed by atoms with E-state index < -0.39 is 0 Å². The van der Waals surface area contributed by atoms with E-state index in [1.165, 1.54) is 17.0 Å². The molecule has 0 amide bonds. The zero-order valence-electron chi connectivity index (χ0n) is 10.2. The summed E-state index contributed by atoms with van der Waals surface area (Å²) in [5.41, 5.74) is 3.96. The van der Waals surface area contributed by atoms with Crippen molar-refractivity contribution in [2.24, 2.45) is 0 Å². The Morgan fingerprint density at radius 2 is 2.13 bits per heavy atom. The van der Waals surface area contributed by atoms with Crippen molar-refractivity contribution >= 4 is 0 Å². The fourth-order valence-corrected chi connectivity index (χ4v) is 1.89. The summed E-state index contributed by atoms with van der Waals surface area (Å²) in [6.45, 7) is 10.5. The molecule has 86 valence electrons. The van der Waals surface area contributed by atoms with Crippen LogP contribution in [0.2, 0.25) is 0 Å². The molecule has 0 fully saturated rings. The molecule has 0 bridgehead atoms. The number of nitrogens with zero attached hydrogens (tertiary/aromatic N) is 1. The normalized spacial score (nSPS) is 13.1. The molecule has 1 unspecified atom stereocenters. The molecule has 1 aromatic heterocycles. The summed E-state index contributed by atoms with van der Waals surface area (Å²) in [4.78, 5) is 0. The molecule has 1 aromatic rings. The van der Waals surface area contributed by atoms with E-state index in [0.29, 0.717) is 0 Å². The highest BCUT2D eigenvalue weighted by molar-refractivity contribution is 5.26. The van der Waals surface area contributed by atoms with Crippen molar-refractivity contribution in [3.8, 4) is 0 Å². The van der Waals surface area contributed by atoms with Gasteiger partial charge in [0.05, 0.1) is 6.61 Å². The summed E-state index contributed by atoms with van der Waals surface area (Å²) in [6, 6.07) is 2.38. The van der Waals surface area contributed by atoms with Gasteiger partial charge in [0.1, 0.15) is 0 Å². The summed E-state index contributed by atoms with van der Waals surface area (Å²) < 4.78 is 2.31. The molecule has 0 aromatic carbocycles. The molecule has 0 aliphatic rings. The van der Waals surface area contributed by atoms with Gasteiger partial charge in [-0.15, -0.1) is 0 Å². The van der Waals surface area contributed by atoms with Crippen molar-refractivity contribution in [1.82, 2.24) is 9.88 Å². The third-order valence-electron chi connectivity index (χ3n) is 2.91. The Bertz CT molecular complexity index is 318. The van der Waals surface area contributed by atoms with Gasteiger partial charge in [-0.2, -0.15) is 0 Å². The first-order chi connectivity index (χ1) is 7.10. The van der Waals surface area contributed by atoms with Crippen LogP contribution in [0, 0.1) is 13.8 Å². The monoisotopic (exact) mass is 210 g/mol. The Morgan fingerprint density at radius 3 is 2.60 bits per heavy atom. The molecule has 1 atom stereocenters. The predicted octanol–water partition coefficient (Wildman–Crippen LogP) is 1.60. The first-order valence-corrected chi connectivity index (χ1v) is 5.60. The Balaban J connectivity index is 2.70. The lowest BCUT2D eigenvalue weighted by molar-refractivity contribution is 0.251. The van der Waals surface area contributed by atoms with Crippen LogP contribution in [0.3, 0.4) is 0 Å². The van der Waals surface area contributed by atoms with Crippen molar-refractivity contribution < 1.29 is 5.11 Å². The molecule has 3 nitrogen and oxygen atoms in total. The van der Waals surface area contributed by atoms with Crippen LogP contribution >= 0.6 is 0 Å². The maximum absolute atomic E-state index is 8.92. The number of hydrogen-bond donors (Lipinski definition) is 2. The second-order valence-electron chi connectivity index (χ2n) is 4.11. The van der Waals surface area contributed by atoms with Crippen LogP contribution in [0.5, 0.6) is 0 Å². The average Bonchev–Trinajstić information content (AvgIpc) is 2.50. The van der Waals surface area contributed by atoms with E-state index in [-0.39, 0.29) is 12.6 Å². The van der Waals surface area contributed by atoms with E-state index in [4.69, 9.17) is 5.11 Å². The van der Waals surface area contributed by atoms with Crippen molar-refractivity contribution in [1.29, 1.82) is 0 Å². The van der Waals surface area contributed by atoms with Crippen LogP contribution in [0.15, 0.2) is 6.07 Å². The van der Waals surface area contributed by atoms with Gasteiger partial charge in [0.15, 0.2) is 0 Å². The van der Waals surface area contributed by atoms with Crippen LogP contribution in [-0.4, -0.2) is 22.3 Å². The number of hydrogen-bond acceptors (Lipinski definition) is 2. The predicted molar refractivity (Wildman–Crippen MR) is 63.0 cm³/mol. The molecule has 0 aliphatic carbocycles. The molecule has 15 heavy (non-hydrogen) atoms. The zero-order valence-corrected chi connectivity index (χ0v) is 10.2. The summed E-state index contributed by atoms with van der Waals surface area (Å²) >= 11 is 0. The molecule has 1 heterocycles. The first-order valence-electron chi connectivity index (χ1n) is 5.60. The Morgan fingerprint density at radius 1 is 1.47 bits per heavy atom. The molecular weight excluding hydrogens is 188 g/mol. The van der Waals surface area contributed by atoms with Gasteiger partial charge in [-0.1, -0.05) is 0 Å². The highest BCUT2D eigenvalue weighted by Crippen LogP contribution is 2.14. The number of aryl methyl sites for hydroxylation is 1. The van der Waals surface area contributed by atoms with E-state index in [1.54, 1.807) is 0 Å². The fourth-order valence-electron chi connectivity index (χ4n) is 1.89. The summed E-state index contributed by atoms with van der Waals surface area (Å²) in [6.07, 6.45) is 0. The SMILES string of the molecule is CCn1c(C)cc(CNC(C)CO)c1C. The second kappa shape index (κ2) is 5.33. The fraction of sp³-hybridized carbons (Fsp3) is 0.667. The van der Waals surface area contributed by atoms with Crippen molar-refractivity contribution in [3.05, 3.63) is 23.0 Å². The minimum atomic E-state index is 0.162. The number of aliphatic hydroxyl groups is 1. The zero-order chi connectivity index (χ0) is 11.4. The maximum Gasteiger partial charge on any atom is 0.0582 e. The Labute approximate surface area is 92.1 Å². The smallest absolute Gasteiger partial charge is 0.0582 e. The summed E-state index contributed by atoms with van der Waals surface area (Å²) in [5, 5.41) is 12.2. The molecule has 3 heteroatoms. The highest BCUT2D eigenvalue weighted by Gasteiger charge is 2.08. The molecule has 0 saturated carbocycles. The van der Waals surface area contributed by atoms with Gasteiger partial charge in [0.2, 0.25) is 0 Å². The van der Waals surface area contributed by atoms with Crippen LogP contribution in [0.25, 0.3) is 0 Å². The quantitative estimate of drug-likeness (QED) is 0.774. The molecule has 0 spiro atoms. The number of aliphatic hydroxyl groups excluding tert-OH is 1. The van der Waals surface area contributed by atoms with Gasteiger partial charge < -0.3 is 15.0 Å². The first kappa shape index (κ1) is 12.3. The molecule has 0 saturated heterocycles. The van der Waals surface area contributed by atoms with Crippen LogP contribution in [0.1, 0.15) is 30.8 Å². The maximum atomic E-state index is 8.92.